The molecule has 0 spiro atoms. The Kier molecular flexibility index (Phi) is 4.58. The van der Waals surface area contributed by atoms with Gasteiger partial charge in [0.25, 0.3) is 5.69 Å². The Labute approximate surface area is 171 Å². The van der Waals surface area contributed by atoms with Crippen LogP contribution in [0.2, 0.25) is 0 Å². The summed E-state index contributed by atoms with van der Waals surface area (Å²) in [5.74, 6) is 0. The first-order valence-electron chi connectivity index (χ1n) is 9.36. The van der Waals surface area contributed by atoms with Crippen molar-refractivity contribution in [1.82, 2.24) is 19.4 Å². The number of hydrogen-bond acceptors (Lipinski definition) is 7. The SMILES string of the molecule is Cc1cc2nc3c4cc([N+](=O)[O-])cc([N+](=O)[O-])c4n(CCN(C)C)c3nc2cc1C. The van der Waals surface area contributed by atoms with E-state index in [1.807, 2.05) is 45.0 Å². The number of nitrogens with zero attached hydrogens (tertiary/aromatic N) is 6. The first-order chi connectivity index (χ1) is 14.2. The fourth-order valence-corrected chi connectivity index (χ4v) is 3.61. The molecular weight excluding hydrogens is 388 g/mol. The first kappa shape index (κ1) is 19.6. The van der Waals surface area contributed by atoms with Crippen molar-refractivity contribution in [2.45, 2.75) is 20.4 Å². The van der Waals surface area contributed by atoms with E-state index in [2.05, 4.69) is 0 Å². The second-order valence-corrected chi connectivity index (χ2v) is 7.65. The molecule has 0 aliphatic rings. The number of non-ortho nitro benzene ring substituents is 2. The Bertz CT molecular complexity index is 1360. The van der Waals surface area contributed by atoms with Crippen molar-refractivity contribution >= 4 is 44.5 Å². The highest BCUT2D eigenvalue weighted by Crippen LogP contribution is 2.37. The third-order valence-electron chi connectivity index (χ3n) is 5.29. The van der Waals surface area contributed by atoms with Gasteiger partial charge < -0.3 is 9.47 Å². The van der Waals surface area contributed by atoms with Gasteiger partial charge in [0.1, 0.15) is 11.0 Å². The van der Waals surface area contributed by atoms with Gasteiger partial charge in [-0.1, -0.05) is 0 Å². The molecule has 10 heteroatoms. The molecule has 10 nitrogen and oxygen atoms in total. The molecule has 0 aliphatic carbocycles. The quantitative estimate of drug-likeness (QED) is 0.364. The maximum Gasteiger partial charge on any atom is 0.300 e. The van der Waals surface area contributed by atoms with Gasteiger partial charge in [-0.15, -0.1) is 0 Å². The lowest BCUT2D eigenvalue weighted by Crippen LogP contribution is -2.18. The Morgan fingerprint density at radius 2 is 1.60 bits per heavy atom. The van der Waals surface area contributed by atoms with Crippen LogP contribution in [0.3, 0.4) is 0 Å². The Morgan fingerprint density at radius 3 is 2.17 bits per heavy atom. The Hall–Kier alpha value is -3.66. The van der Waals surface area contributed by atoms with E-state index < -0.39 is 9.85 Å². The number of nitro groups is 2. The lowest BCUT2D eigenvalue weighted by Gasteiger charge is -2.12. The van der Waals surface area contributed by atoms with Gasteiger partial charge >= 0.3 is 5.69 Å². The van der Waals surface area contributed by atoms with E-state index in [-0.39, 0.29) is 11.4 Å². The predicted molar refractivity (Wildman–Crippen MR) is 114 cm³/mol. The van der Waals surface area contributed by atoms with Gasteiger partial charge in [-0.05, 0) is 51.2 Å². The third-order valence-corrected chi connectivity index (χ3v) is 5.29. The van der Waals surface area contributed by atoms with Gasteiger partial charge in [0.15, 0.2) is 5.65 Å². The molecular formula is C20H20N6O4. The summed E-state index contributed by atoms with van der Waals surface area (Å²) < 4.78 is 1.74. The molecule has 2 aromatic heterocycles. The molecule has 2 aromatic carbocycles. The van der Waals surface area contributed by atoms with E-state index in [9.17, 15) is 20.2 Å². The van der Waals surface area contributed by atoms with Crippen LogP contribution in [0, 0.1) is 34.1 Å². The van der Waals surface area contributed by atoms with Crippen LogP contribution in [0.15, 0.2) is 24.3 Å². The van der Waals surface area contributed by atoms with E-state index >= 15 is 0 Å². The molecule has 154 valence electrons. The minimum atomic E-state index is -0.628. The lowest BCUT2D eigenvalue weighted by molar-refractivity contribution is -0.393. The molecule has 0 bridgehead atoms. The van der Waals surface area contributed by atoms with Crippen LogP contribution in [0.4, 0.5) is 11.4 Å². The number of benzene rings is 2. The highest BCUT2D eigenvalue weighted by Gasteiger charge is 2.27. The summed E-state index contributed by atoms with van der Waals surface area (Å²) >= 11 is 0. The average molecular weight is 408 g/mol. The predicted octanol–water partition coefficient (Wildman–Crippen LogP) is 3.73. The summed E-state index contributed by atoms with van der Waals surface area (Å²) in [5.41, 5.74) is 3.96. The van der Waals surface area contributed by atoms with Crippen LogP contribution < -0.4 is 0 Å². The van der Waals surface area contributed by atoms with Gasteiger partial charge in [0, 0.05) is 24.5 Å². The maximum absolute atomic E-state index is 11.8. The van der Waals surface area contributed by atoms with Crippen molar-refractivity contribution < 1.29 is 9.85 Å². The second kappa shape index (κ2) is 6.99. The number of likely N-dealkylation sites (N-methyl/N-ethyl adjacent to an activating group) is 1. The topological polar surface area (TPSA) is 120 Å². The van der Waals surface area contributed by atoms with Crippen molar-refractivity contribution in [3.05, 3.63) is 55.6 Å². The highest BCUT2D eigenvalue weighted by molar-refractivity contribution is 6.10. The number of aryl methyl sites for hydroxylation is 2. The van der Waals surface area contributed by atoms with Crippen LogP contribution >= 0.6 is 0 Å². The van der Waals surface area contributed by atoms with E-state index in [0.717, 1.165) is 17.2 Å². The molecule has 0 saturated carbocycles. The highest BCUT2D eigenvalue weighted by atomic mass is 16.6. The van der Waals surface area contributed by atoms with Crippen LogP contribution in [0.1, 0.15) is 11.1 Å². The minimum Gasteiger partial charge on any atom is -0.317 e. The lowest BCUT2D eigenvalue weighted by atomic mass is 10.1. The molecule has 0 aliphatic heterocycles. The summed E-state index contributed by atoms with van der Waals surface area (Å²) in [6.45, 7) is 4.99. The standard InChI is InChI=1S/C20H20N6O4/c1-11-7-15-16(8-12(11)2)22-20-18(21-15)14-9-13(25(27)28)10-17(26(29)30)19(14)24(20)6-5-23(3)4/h7-10H,5-6H2,1-4H3. The zero-order valence-corrected chi connectivity index (χ0v) is 17.0. The van der Waals surface area contributed by atoms with Crippen LogP contribution in [-0.4, -0.2) is 49.9 Å². The number of hydrogen-bond donors (Lipinski definition) is 0. The summed E-state index contributed by atoms with van der Waals surface area (Å²) in [5, 5.41) is 23.6. The van der Waals surface area contributed by atoms with Crippen LogP contribution in [0.25, 0.3) is 33.1 Å². The molecule has 0 amide bonds. The van der Waals surface area contributed by atoms with E-state index in [0.29, 0.717) is 46.2 Å². The largest absolute Gasteiger partial charge is 0.317 e. The molecule has 0 fully saturated rings. The van der Waals surface area contributed by atoms with Gasteiger partial charge in [-0.3, -0.25) is 20.2 Å². The molecule has 30 heavy (non-hydrogen) atoms. The van der Waals surface area contributed by atoms with Gasteiger partial charge in [0.05, 0.1) is 26.9 Å². The monoisotopic (exact) mass is 408 g/mol. The van der Waals surface area contributed by atoms with Gasteiger partial charge in [-0.25, -0.2) is 9.97 Å². The summed E-state index contributed by atoms with van der Waals surface area (Å²) in [4.78, 5) is 33.4. The second-order valence-electron chi connectivity index (χ2n) is 7.65. The van der Waals surface area contributed by atoms with Crippen molar-refractivity contribution in [1.29, 1.82) is 0 Å². The third kappa shape index (κ3) is 3.11. The van der Waals surface area contributed by atoms with Crippen LogP contribution in [-0.2, 0) is 6.54 Å². The number of aromatic nitrogens is 3. The van der Waals surface area contributed by atoms with Gasteiger partial charge in [-0.2, -0.15) is 0 Å². The zero-order valence-electron chi connectivity index (χ0n) is 17.0. The summed E-state index contributed by atoms with van der Waals surface area (Å²) in [6.07, 6.45) is 0. The van der Waals surface area contributed by atoms with Crippen molar-refractivity contribution in [3.63, 3.8) is 0 Å². The Morgan fingerprint density at radius 1 is 0.967 bits per heavy atom. The first-order valence-corrected chi connectivity index (χ1v) is 9.36. The van der Waals surface area contributed by atoms with E-state index in [1.54, 1.807) is 4.57 Å². The normalized spacial score (nSPS) is 11.8. The van der Waals surface area contributed by atoms with Crippen molar-refractivity contribution in [2.75, 3.05) is 20.6 Å². The fourth-order valence-electron chi connectivity index (χ4n) is 3.61. The molecule has 2 heterocycles. The smallest absolute Gasteiger partial charge is 0.300 e. The minimum absolute atomic E-state index is 0.297. The van der Waals surface area contributed by atoms with Crippen LogP contribution in [0.5, 0.6) is 0 Å². The molecule has 0 atom stereocenters. The molecule has 4 aromatic rings. The maximum atomic E-state index is 11.8. The number of nitro benzene ring substituents is 2. The summed E-state index contributed by atoms with van der Waals surface area (Å²) in [6, 6.07) is 6.19. The molecule has 0 saturated heterocycles. The van der Waals surface area contributed by atoms with Crippen molar-refractivity contribution in [3.8, 4) is 0 Å². The van der Waals surface area contributed by atoms with Crippen molar-refractivity contribution in [2.24, 2.45) is 0 Å². The average Bonchev–Trinajstić information content (AvgIpc) is 2.97. The summed E-state index contributed by atoms with van der Waals surface area (Å²) in [7, 11) is 3.81. The molecule has 0 N–H and O–H groups in total. The van der Waals surface area contributed by atoms with Gasteiger partial charge in [0.2, 0.25) is 0 Å². The molecule has 4 rings (SSSR count). The number of fused-ring (bicyclic) bond motifs is 4. The number of rotatable bonds is 5. The molecule has 0 radical (unpaired) electrons. The van der Waals surface area contributed by atoms with E-state index in [4.69, 9.17) is 9.97 Å². The fraction of sp³-hybridized carbons (Fsp3) is 0.300. The Balaban J connectivity index is 2.19. The molecule has 0 unspecified atom stereocenters. The van der Waals surface area contributed by atoms with E-state index in [1.165, 1.54) is 6.07 Å². The zero-order chi connectivity index (χ0) is 21.7.